The zero-order valence-electron chi connectivity index (χ0n) is 16.1. The second-order valence-corrected chi connectivity index (χ2v) is 8.61. The lowest BCUT2D eigenvalue weighted by Crippen LogP contribution is -2.26. The van der Waals surface area contributed by atoms with E-state index in [2.05, 4.69) is 38.2 Å². The maximum absolute atomic E-state index is 2.52. The van der Waals surface area contributed by atoms with Gasteiger partial charge in [0.2, 0.25) is 0 Å². The first kappa shape index (κ1) is 18.0. The van der Waals surface area contributed by atoms with Crippen molar-refractivity contribution in [2.75, 3.05) is 0 Å². The summed E-state index contributed by atoms with van der Waals surface area (Å²) in [6.45, 7) is 4.58. The molecule has 2 saturated carbocycles. The summed E-state index contributed by atoms with van der Waals surface area (Å²) in [4.78, 5) is 0. The smallest absolute Gasteiger partial charge is 0.00947 e. The second kappa shape index (κ2) is 9.07. The fourth-order valence-electron chi connectivity index (χ4n) is 5.57. The van der Waals surface area contributed by atoms with Gasteiger partial charge in [0.25, 0.3) is 0 Å². The zero-order valence-corrected chi connectivity index (χ0v) is 16.1. The van der Waals surface area contributed by atoms with Crippen LogP contribution in [0.1, 0.15) is 90.9 Å². The summed E-state index contributed by atoms with van der Waals surface area (Å²) in [7, 11) is 0. The van der Waals surface area contributed by atoms with Gasteiger partial charge in [-0.2, -0.15) is 0 Å². The first-order chi connectivity index (χ1) is 11.8. The first-order valence-corrected chi connectivity index (χ1v) is 10.9. The highest BCUT2D eigenvalue weighted by molar-refractivity contribution is 5.36. The van der Waals surface area contributed by atoms with Crippen molar-refractivity contribution in [1.29, 1.82) is 0 Å². The van der Waals surface area contributed by atoms with Crippen LogP contribution in [0.5, 0.6) is 0 Å². The molecule has 0 unspecified atom stereocenters. The predicted octanol–water partition coefficient (Wildman–Crippen LogP) is 7.62. The quantitative estimate of drug-likeness (QED) is 0.487. The lowest BCUT2D eigenvalue weighted by Gasteiger charge is -2.38. The van der Waals surface area contributed by atoms with Gasteiger partial charge in [0.15, 0.2) is 0 Å². The van der Waals surface area contributed by atoms with Gasteiger partial charge < -0.3 is 0 Å². The highest BCUT2D eigenvalue weighted by Gasteiger charge is 2.31. The molecule has 0 heterocycles. The minimum Gasteiger partial charge on any atom is -0.0813 e. The van der Waals surface area contributed by atoms with Crippen molar-refractivity contribution in [2.24, 2.45) is 23.7 Å². The molecule has 0 amide bonds. The van der Waals surface area contributed by atoms with Gasteiger partial charge >= 0.3 is 0 Å². The average Bonchev–Trinajstić information content (AvgIpc) is 2.64. The third-order valence-electron chi connectivity index (χ3n) is 7.03. The van der Waals surface area contributed by atoms with E-state index < -0.39 is 0 Å². The highest BCUT2D eigenvalue weighted by Crippen LogP contribution is 2.44. The summed E-state index contributed by atoms with van der Waals surface area (Å²) >= 11 is 0. The fourth-order valence-corrected chi connectivity index (χ4v) is 5.57. The summed E-state index contributed by atoms with van der Waals surface area (Å²) in [5.41, 5.74) is 3.16. The fraction of sp³-hybridized carbons (Fsp3) is 0.750. The molecule has 134 valence electrons. The van der Waals surface area contributed by atoms with Crippen LogP contribution in [0.2, 0.25) is 0 Å². The van der Waals surface area contributed by atoms with Crippen molar-refractivity contribution in [1.82, 2.24) is 0 Å². The third kappa shape index (κ3) is 4.64. The molecule has 0 aromatic rings. The minimum atomic E-state index is 0.858. The van der Waals surface area contributed by atoms with Crippen molar-refractivity contribution in [3.8, 4) is 0 Å². The Hall–Kier alpha value is -0.780. The average molecular weight is 327 g/mol. The van der Waals surface area contributed by atoms with E-state index in [-0.39, 0.29) is 0 Å². The number of hydrogen-bond acceptors (Lipinski definition) is 0. The van der Waals surface area contributed by atoms with Crippen LogP contribution in [0, 0.1) is 23.7 Å². The molecule has 0 N–H and O–H groups in total. The molecule has 3 aliphatic rings. The Morgan fingerprint density at radius 2 is 1.54 bits per heavy atom. The molecule has 2 fully saturated rings. The van der Waals surface area contributed by atoms with E-state index in [0.29, 0.717) is 0 Å². The Bertz CT molecular complexity index is 462. The van der Waals surface area contributed by atoms with Crippen LogP contribution in [0.3, 0.4) is 0 Å². The molecular weight excluding hydrogens is 288 g/mol. The molecule has 0 atom stereocenters. The van der Waals surface area contributed by atoms with Crippen molar-refractivity contribution in [3.63, 3.8) is 0 Å². The minimum absolute atomic E-state index is 0.858. The Balaban J connectivity index is 1.44. The zero-order chi connectivity index (χ0) is 16.8. The van der Waals surface area contributed by atoms with Gasteiger partial charge in [-0.3, -0.25) is 0 Å². The van der Waals surface area contributed by atoms with Crippen LogP contribution in [0.15, 0.2) is 35.5 Å². The third-order valence-corrected chi connectivity index (χ3v) is 7.03. The Morgan fingerprint density at radius 3 is 2.08 bits per heavy atom. The van der Waals surface area contributed by atoms with Crippen LogP contribution < -0.4 is 0 Å². The van der Waals surface area contributed by atoms with Crippen LogP contribution in [-0.2, 0) is 0 Å². The van der Waals surface area contributed by atoms with Gasteiger partial charge in [-0.15, -0.1) is 0 Å². The molecule has 0 aromatic carbocycles. The maximum atomic E-state index is 2.52. The Morgan fingerprint density at radius 1 is 0.875 bits per heavy atom. The lowest BCUT2D eigenvalue weighted by atomic mass is 9.67. The molecule has 0 aromatic heterocycles. The van der Waals surface area contributed by atoms with Crippen molar-refractivity contribution < 1.29 is 0 Å². The van der Waals surface area contributed by atoms with Crippen molar-refractivity contribution >= 4 is 0 Å². The van der Waals surface area contributed by atoms with Crippen LogP contribution in [0.4, 0.5) is 0 Å². The molecule has 0 nitrogen and oxygen atoms in total. The molecule has 0 radical (unpaired) electrons. The monoisotopic (exact) mass is 326 g/mol. The number of rotatable bonds is 5. The maximum Gasteiger partial charge on any atom is -0.00947 e. The van der Waals surface area contributed by atoms with E-state index in [9.17, 15) is 0 Å². The van der Waals surface area contributed by atoms with Crippen molar-refractivity contribution in [2.45, 2.75) is 90.9 Å². The summed E-state index contributed by atoms with van der Waals surface area (Å²) in [5, 5.41) is 0. The predicted molar refractivity (Wildman–Crippen MR) is 106 cm³/mol. The standard InChI is InChI=1S/C24H38/c1-3-5-19-7-11-21(12-8-19)23-15-17-24(18-16-23)22-13-9-20(6-4-2)10-14-22/h5,7,11-12,20,22-24H,3-4,6,8-10,13-18H2,1-2H3/b19-5+. The highest BCUT2D eigenvalue weighted by atomic mass is 14.4. The summed E-state index contributed by atoms with van der Waals surface area (Å²) in [6.07, 6.45) is 26.9. The number of hydrogen-bond donors (Lipinski definition) is 0. The van der Waals surface area contributed by atoms with Crippen LogP contribution in [-0.4, -0.2) is 0 Å². The van der Waals surface area contributed by atoms with Gasteiger partial charge in [0.1, 0.15) is 0 Å². The van der Waals surface area contributed by atoms with Crippen molar-refractivity contribution in [3.05, 3.63) is 35.5 Å². The molecule has 0 bridgehead atoms. The van der Waals surface area contributed by atoms with Crippen LogP contribution in [0.25, 0.3) is 0 Å². The molecule has 0 heteroatoms. The van der Waals surface area contributed by atoms with E-state index >= 15 is 0 Å². The van der Waals surface area contributed by atoms with Gasteiger partial charge in [-0.1, -0.05) is 63.8 Å². The van der Waals surface area contributed by atoms with E-state index in [1.807, 2.05) is 0 Å². The molecule has 0 saturated heterocycles. The van der Waals surface area contributed by atoms with E-state index in [0.717, 1.165) is 30.1 Å². The second-order valence-electron chi connectivity index (χ2n) is 8.61. The molecule has 0 aliphatic heterocycles. The van der Waals surface area contributed by atoms with E-state index in [1.54, 1.807) is 5.57 Å². The molecule has 24 heavy (non-hydrogen) atoms. The molecule has 3 rings (SSSR count). The normalized spacial score (nSPS) is 35.9. The van der Waals surface area contributed by atoms with Crippen LogP contribution >= 0.6 is 0 Å². The largest absolute Gasteiger partial charge is 0.0813 e. The number of allylic oxidation sites excluding steroid dienone is 6. The summed E-state index contributed by atoms with van der Waals surface area (Å²) in [6, 6.07) is 0. The first-order valence-electron chi connectivity index (χ1n) is 10.9. The lowest BCUT2D eigenvalue weighted by molar-refractivity contribution is 0.151. The summed E-state index contributed by atoms with van der Waals surface area (Å²) < 4.78 is 0. The van der Waals surface area contributed by atoms with Gasteiger partial charge in [-0.25, -0.2) is 0 Å². The SMILES string of the molecule is CC/C=C1\C=CC(C2CCC(C3CCC(CCC)CC3)CC2)=CC1. The summed E-state index contributed by atoms with van der Waals surface area (Å²) in [5.74, 6) is 4.03. The molecular formula is C24H38. The van der Waals surface area contributed by atoms with Gasteiger partial charge in [-0.05, 0) is 86.2 Å². The topological polar surface area (TPSA) is 0 Å². The van der Waals surface area contributed by atoms with Gasteiger partial charge in [0, 0.05) is 0 Å². The molecule has 0 spiro atoms. The van der Waals surface area contributed by atoms with E-state index in [1.165, 1.54) is 76.2 Å². The van der Waals surface area contributed by atoms with Gasteiger partial charge in [0.05, 0.1) is 0 Å². The Labute approximate surface area is 150 Å². The molecule has 3 aliphatic carbocycles. The van der Waals surface area contributed by atoms with E-state index in [4.69, 9.17) is 0 Å². The Kier molecular flexibility index (Phi) is 6.81.